The topological polar surface area (TPSA) is 87.7 Å². The molecule has 2 saturated heterocycles. The molecule has 0 aromatic heterocycles. The molecule has 3 heterocycles. The van der Waals surface area contributed by atoms with E-state index in [1.54, 1.807) is 24.3 Å². The number of terminal acetylenes is 1. The van der Waals surface area contributed by atoms with E-state index in [-0.39, 0.29) is 30.7 Å². The van der Waals surface area contributed by atoms with Crippen LogP contribution in [0.15, 0.2) is 36.4 Å². The van der Waals surface area contributed by atoms with Gasteiger partial charge in [0, 0.05) is 13.6 Å². The highest BCUT2D eigenvalue weighted by Crippen LogP contribution is 2.54. The van der Waals surface area contributed by atoms with Gasteiger partial charge in [0.25, 0.3) is 0 Å². The Morgan fingerprint density at radius 3 is 2.69 bits per heavy atom. The number of rotatable bonds is 5. The van der Waals surface area contributed by atoms with Gasteiger partial charge in [0.1, 0.15) is 17.5 Å². The van der Waals surface area contributed by atoms with Crippen molar-refractivity contribution in [3.63, 3.8) is 0 Å². The first kappa shape index (κ1) is 19.2. The number of benzene rings is 1. The molecule has 0 saturated carbocycles. The quantitative estimate of drug-likeness (QED) is 0.540. The maximum Gasteiger partial charge on any atom is 0.246 e. The number of nitrogens with one attached hydrogen (secondary N) is 2. The van der Waals surface area contributed by atoms with Crippen molar-refractivity contribution in [1.82, 2.24) is 15.5 Å². The van der Waals surface area contributed by atoms with Crippen LogP contribution in [0.1, 0.15) is 5.56 Å². The Bertz CT molecular complexity index is 938. The van der Waals surface area contributed by atoms with Gasteiger partial charge in [-0.25, -0.2) is 4.39 Å². The monoisotopic (exact) mass is 397 g/mol. The third-order valence-electron chi connectivity index (χ3n) is 5.81. The van der Waals surface area contributed by atoms with Crippen LogP contribution in [0.3, 0.4) is 0 Å². The summed E-state index contributed by atoms with van der Waals surface area (Å²) >= 11 is 0. The largest absolute Gasteiger partial charge is 0.359 e. The third kappa shape index (κ3) is 2.81. The fourth-order valence-corrected chi connectivity index (χ4v) is 4.59. The number of ether oxygens (including phenoxy) is 1. The first-order valence-electron chi connectivity index (χ1n) is 9.28. The molecule has 8 heteroatoms. The van der Waals surface area contributed by atoms with Crippen LogP contribution in [0.4, 0.5) is 4.39 Å². The summed E-state index contributed by atoms with van der Waals surface area (Å²) in [5.41, 5.74) is -0.528. The lowest BCUT2D eigenvalue weighted by atomic mass is 9.74. The van der Waals surface area contributed by atoms with Crippen LogP contribution in [0.2, 0.25) is 0 Å². The summed E-state index contributed by atoms with van der Waals surface area (Å²) in [5, 5.41) is 5.35. The molecule has 5 atom stereocenters. The Hall–Kier alpha value is -3.18. The van der Waals surface area contributed by atoms with Gasteiger partial charge in [-0.2, -0.15) is 0 Å². The zero-order valence-corrected chi connectivity index (χ0v) is 15.7. The number of halogens is 1. The van der Waals surface area contributed by atoms with E-state index < -0.39 is 35.5 Å². The van der Waals surface area contributed by atoms with Crippen molar-refractivity contribution in [2.24, 2.45) is 11.8 Å². The number of carbonyl (C=O) groups excluding carboxylic acids is 3. The molecular formula is C21H20FN3O4. The maximum atomic E-state index is 13.1. The molecule has 0 aliphatic carbocycles. The third-order valence-corrected chi connectivity index (χ3v) is 5.81. The number of nitrogens with zero attached hydrogens (tertiary/aromatic N) is 1. The van der Waals surface area contributed by atoms with Crippen LogP contribution in [-0.4, -0.2) is 54.0 Å². The summed E-state index contributed by atoms with van der Waals surface area (Å²) in [7, 11) is 1.50. The molecular weight excluding hydrogens is 377 g/mol. The standard InChI is InChI=1S/C21H20FN3O4/c1-3-10-25-17(19(27)24-11-12-4-6-13(22)7-5-12)21-9-8-14(29-21)15(18(26)23-2)16(21)20(25)28/h1,4-9,14-17H,10-11H2,2H3,(H,23,26)(H,24,27)/t14-,15-,16-,17+,21-/m0/s1. The Labute approximate surface area is 167 Å². The summed E-state index contributed by atoms with van der Waals surface area (Å²) in [5.74, 6) is -0.611. The van der Waals surface area contributed by atoms with Crippen LogP contribution in [0.5, 0.6) is 0 Å². The number of fused-ring (bicyclic) bond motifs is 1. The number of likely N-dealkylation sites (tertiary alicyclic amines) is 1. The lowest BCUT2D eigenvalue weighted by Gasteiger charge is -2.31. The van der Waals surface area contributed by atoms with Crippen molar-refractivity contribution < 1.29 is 23.5 Å². The fourth-order valence-electron chi connectivity index (χ4n) is 4.59. The summed E-state index contributed by atoms with van der Waals surface area (Å²) < 4.78 is 19.1. The SMILES string of the molecule is C#CCN1C(=O)[C@@H]2[C@@H](C(=O)NC)[C@@H]3C=C[C@@]2(O3)[C@H]1C(=O)NCc1ccc(F)cc1. The van der Waals surface area contributed by atoms with E-state index >= 15 is 0 Å². The van der Waals surface area contributed by atoms with Crippen molar-refractivity contribution >= 4 is 17.7 Å². The molecule has 1 aromatic carbocycles. The average molecular weight is 397 g/mol. The summed E-state index contributed by atoms with van der Waals surface area (Å²) in [6, 6.07) is 4.74. The van der Waals surface area contributed by atoms with Crippen LogP contribution in [0, 0.1) is 30.0 Å². The smallest absolute Gasteiger partial charge is 0.246 e. The van der Waals surface area contributed by atoms with Gasteiger partial charge < -0.3 is 20.3 Å². The van der Waals surface area contributed by atoms with Crippen LogP contribution in [0.25, 0.3) is 0 Å². The van der Waals surface area contributed by atoms with Gasteiger partial charge in [0.05, 0.1) is 24.5 Å². The van der Waals surface area contributed by atoms with Gasteiger partial charge in [-0.15, -0.1) is 6.42 Å². The number of carbonyl (C=O) groups is 3. The second kappa shape index (κ2) is 7.01. The van der Waals surface area contributed by atoms with E-state index in [9.17, 15) is 18.8 Å². The van der Waals surface area contributed by atoms with Crippen LogP contribution < -0.4 is 10.6 Å². The molecule has 2 fully saturated rings. The molecule has 3 aliphatic heterocycles. The number of amides is 3. The highest BCUT2D eigenvalue weighted by Gasteiger charge is 2.72. The zero-order chi connectivity index (χ0) is 20.8. The molecule has 0 radical (unpaired) electrons. The van der Waals surface area contributed by atoms with Crippen molar-refractivity contribution in [3.8, 4) is 12.3 Å². The number of hydrogen-bond acceptors (Lipinski definition) is 4. The van der Waals surface area contributed by atoms with Crippen molar-refractivity contribution in [2.45, 2.75) is 24.3 Å². The molecule has 2 N–H and O–H groups in total. The molecule has 0 unspecified atom stereocenters. The normalized spacial score (nSPS) is 31.5. The Morgan fingerprint density at radius 1 is 1.31 bits per heavy atom. The molecule has 3 aliphatic rings. The van der Waals surface area contributed by atoms with Crippen LogP contribution in [-0.2, 0) is 25.7 Å². The van der Waals surface area contributed by atoms with E-state index in [2.05, 4.69) is 16.6 Å². The predicted molar refractivity (Wildman–Crippen MR) is 100 cm³/mol. The second-order valence-electron chi connectivity index (χ2n) is 7.33. The highest BCUT2D eigenvalue weighted by molar-refractivity contribution is 5.99. The predicted octanol–water partition coefficient (Wildman–Crippen LogP) is -0.0283. The molecule has 2 bridgehead atoms. The molecule has 4 rings (SSSR count). The molecule has 150 valence electrons. The van der Waals surface area contributed by atoms with Gasteiger partial charge in [0.15, 0.2) is 0 Å². The van der Waals surface area contributed by atoms with Gasteiger partial charge in [-0.3, -0.25) is 14.4 Å². The Morgan fingerprint density at radius 2 is 2.03 bits per heavy atom. The minimum atomic E-state index is -1.23. The van der Waals surface area contributed by atoms with Crippen LogP contribution >= 0.6 is 0 Å². The van der Waals surface area contributed by atoms with Gasteiger partial charge in [0.2, 0.25) is 17.7 Å². The summed E-state index contributed by atoms with van der Waals surface area (Å²) in [6.45, 7) is 0.0779. The van der Waals surface area contributed by atoms with Crippen molar-refractivity contribution in [1.29, 1.82) is 0 Å². The maximum absolute atomic E-state index is 13.1. The second-order valence-corrected chi connectivity index (χ2v) is 7.33. The molecule has 29 heavy (non-hydrogen) atoms. The van der Waals surface area contributed by atoms with Gasteiger partial charge in [-0.05, 0) is 17.7 Å². The van der Waals surface area contributed by atoms with E-state index in [0.29, 0.717) is 5.56 Å². The molecule has 7 nitrogen and oxygen atoms in total. The molecule has 1 spiro atoms. The lowest BCUT2D eigenvalue weighted by molar-refractivity contribution is -0.141. The Balaban J connectivity index is 1.62. The zero-order valence-electron chi connectivity index (χ0n) is 15.7. The van der Waals surface area contributed by atoms with Crippen molar-refractivity contribution in [2.75, 3.05) is 13.6 Å². The molecule has 1 aromatic rings. The Kier molecular flexibility index (Phi) is 4.63. The van der Waals surface area contributed by atoms with Crippen molar-refractivity contribution in [3.05, 3.63) is 47.8 Å². The summed E-state index contributed by atoms with van der Waals surface area (Å²) in [4.78, 5) is 40.0. The van der Waals surface area contributed by atoms with E-state index in [4.69, 9.17) is 11.2 Å². The van der Waals surface area contributed by atoms with E-state index in [1.807, 2.05) is 0 Å². The minimum Gasteiger partial charge on any atom is -0.359 e. The first-order valence-corrected chi connectivity index (χ1v) is 9.28. The first-order chi connectivity index (χ1) is 13.9. The summed E-state index contributed by atoms with van der Waals surface area (Å²) in [6.07, 6.45) is 8.30. The minimum absolute atomic E-state index is 0.0753. The average Bonchev–Trinajstić information content (AvgIpc) is 3.35. The number of hydrogen-bond donors (Lipinski definition) is 2. The highest BCUT2D eigenvalue weighted by atomic mass is 19.1. The van der Waals surface area contributed by atoms with E-state index in [0.717, 1.165) is 0 Å². The van der Waals surface area contributed by atoms with E-state index in [1.165, 1.54) is 24.1 Å². The lowest BCUT2D eigenvalue weighted by Crippen LogP contribution is -2.54. The fraction of sp³-hybridized carbons (Fsp3) is 0.381. The molecule has 3 amide bonds. The van der Waals surface area contributed by atoms with Gasteiger partial charge in [-0.1, -0.05) is 30.2 Å². The van der Waals surface area contributed by atoms with Gasteiger partial charge >= 0.3 is 0 Å².